The first-order valence-electron chi connectivity index (χ1n) is 28.2. The summed E-state index contributed by atoms with van der Waals surface area (Å²) >= 11 is 0. The number of allylic oxidation sites excluding steroid dienone is 9. The number of carbonyl (C=O) groups excluding carboxylic acids is 1. The number of hydrogen-bond acceptors (Lipinski definition) is 5. The predicted octanol–water partition coefficient (Wildman–Crippen LogP) is 16.9. The summed E-state index contributed by atoms with van der Waals surface area (Å²) in [4.78, 5) is 22.9. The fourth-order valence-corrected chi connectivity index (χ4v) is 8.82. The molecule has 0 saturated heterocycles. The number of quaternary nitrogens is 1. The van der Waals surface area contributed by atoms with Gasteiger partial charge in [-0.3, -0.25) is 13.8 Å². The molecule has 0 aromatic heterocycles. The maximum absolute atomic E-state index is 12.8. The summed E-state index contributed by atoms with van der Waals surface area (Å²) in [7, 11) is 1.57. The lowest BCUT2D eigenvalue weighted by Gasteiger charge is -2.25. The van der Waals surface area contributed by atoms with E-state index in [-0.39, 0.29) is 19.1 Å². The van der Waals surface area contributed by atoms with Crippen LogP contribution in [0.1, 0.15) is 251 Å². The van der Waals surface area contributed by atoms with E-state index in [1.54, 1.807) is 6.08 Å². The fraction of sp³-hybridized carbons (Fsp3) is 0.810. The number of likely N-dealkylation sites (N-methyl/N-ethyl adjacent to an activating group) is 1. The highest BCUT2D eigenvalue weighted by Crippen LogP contribution is 2.43. The van der Waals surface area contributed by atoms with Crippen LogP contribution in [0.3, 0.4) is 0 Å². The van der Waals surface area contributed by atoms with Gasteiger partial charge in [0.2, 0.25) is 5.91 Å². The number of amides is 1. The van der Waals surface area contributed by atoms with E-state index in [9.17, 15) is 19.4 Å². The number of phosphoric acid groups is 1. The van der Waals surface area contributed by atoms with Crippen LogP contribution in [0.15, 0.2) is 60.8 Å². The third-order valence-electron chi connectivity index (χ3n) is 12.5. The first-order valence-corrected chi connectivity index (χ1v) is 29.7. The monoisotopic (exact) mass is 962 g/mol. The van der Waals surface area contributed by atoms with Crippen LogP contribution in [0.2, 0.25) is 0 Å². The van der Waals surface area contributed by atoms with Crippen LogP contribution in [0.5, 0.6) is 0 Å². The van der Waals surface area contributed by atoms with Crippen molar-refractivity contribution in [2.45, 2.75) is 264 Å². The van der Waals surface area contributed by atoms with Gasteiger partial charge in [0.15, 0.2) is 0 Å². The third-order valence-corrected chi connectivity index (χ3v) is 13.5. The molecule has 0 saturated carbocycles. The van der Waals surface area contributed by atoms with E-state index in [1.165, 1.54) is 167 Å². The Balaban J connectivity index is 3.62. The van der Waals surface area contributed by atoms with Gasteiger partial charge in [0, 0.05) is 6.42 Å². The zero-order chi connectivity index (χ0) is 49.2. The molecule has 0 heterocycles. The van der Waals surface area contributed by atoms with Crippen LogP contribution in [-0.2, 0) is 18.4 Å². The van der Waals surface area contributed by atoms with Gasteiger partial charge in [-0.1, -0.05) is 254 Å². The van der Waals surface area contributed by atoms with Crippen LogP contribution in [0.25, 0.3) is 0 Å². The lowest BCUT2D eigenvalue weighted by Crippen LogP contribution is -2.45. The summed E-state index contributed by atoms with van der Waals surface area (Å²) in [6, 6.07) is -0.840. The van der Waals surface area contributed by atoms with E-state index in [0.29, 0.717) is 17.4 Å². The van der Waals surface area contributed by atoms with E-state index >= 15 is 0 Å². The zero-order valence-electron chi connectivity index (χ0n) is 44.6. The van der Waals surface area contributed by atoms with Crippen molar-refractivity contribution in [3.63, 3.8) is 0 Å². The molecule has 0 spiro atoms. The Labute approximate surface area is 415 Å². The van der Waals surface area contributed by atoms with Gasteiger partial charge >= 0.3 is 7.82 Å². The maximum Gasteiger partial charge on any atom is 0.472 e. The quantitative estimate of drug-likeness (QED) is 0.0243. The van der Waals surface area contributed by atoms with Crippen LogP contribution in [0, 0.1) is 0 Å². The summed E-state index contributed by atoms with van der Waals surface area (Å²) in [5, 5.41) is 13.6. The highest BCUT2D eigenvalue weighted by Gasteiger charge is 2.27. The summed E-state index contributed by atoms with van der Waals surface area (Å²) in [6.45, 7) is 4.56. The molecule has 1 amide bonds. The number of nitrogens with zero attached hydrogens (tertiary/aromatic N) is 1. The molecule has 0 aliphatic rings. The van der Waals surface area contributed by atoms with Gasteiger partial charge in [0.05, 0.1) is 39.9 Å². The van der Waals surface area contributed by atoms with Crippen molar-refractivity contribution in [1.82, 2.24) is 5.32 Å². The molecule has 392 valence electrons. The molecule has 0 aliphatic carbocycles. The van der Waals surface area contributed by atoms with Crippen molar-refractivity contribution in [2.75, 3.05) is 40.9 Å². The molecule has 3 N–H and O–H groups in total. The van der Waals surface area contributed by atoms with Gasteiger partial charge in [-0.15, -0.1) is 0 Å². The zero-order valence-corrected chi connectivity index (χ0v) is 45.5. The Morgan fingerprint density at radius 1 is 0.522 bits per heavy atom. The third kappa shape index (κ3) is 51.9. The minimum absolute atomic E-state index is 0.0610. The van der Waals surface area contributed by atoms with Crippen molar-refractivity contribution >= 4 is 13.7 Å². The molecular formula is C58H110N2O6P+. The van der Waals surface area contributed by atoms with E-state index in [1.807, 2.05) is 27.2 Å². The van der Waals surface area contributed by atoms with Crippen molar-refractivity contribution in [1.29, 1.82) is 0 Å². The summed E-state index contributed by atoms with van der Waals surface area (Å²) in [5.74, 6) is -0.183. The minimum Gasteiger partial charge on any atom is -0.387 e. The van der Waals surface area contributed by atoms with Crippen LogP contribution in [0.4, 0.5) is 0 Å². The molecule has 0 rings (SSSR count). The second-order valence-electron chi connectivity index (χ2n) is 20.3. The predicted molar refractivity (Wildman–Crippen MR) is 290 cm³/mol. The maximum atomic E-state index is 12.8. The number of hydrogen-bond donors (Lipinski definition) is 3. The molecule has 0 radical (unpaired) electrons. The van der Waals surface area contributed by atoms with E-state index in [2.05, 4.69) is 67.8 Å². The molecule has 9 heteroatoms. The van der Waals surface area contributed by atoms with Crippen molar-refractivity contribution in [2.24, 2.45) is 0 Å². The number of carbonyl (C=O) groups is 1. The molecule has 3 unspecified atom stereocenters. The SMILES string of the molecule is CC/C=C\C/C=C\C/C=C\C/C=C\CCCCCCCCCCCCCCCCCCCCCCCCCCCCCCC(=O)NC(COP(=O)(O)OCC[N+](C)(C)C)C(O)/C=C/CCCC. The molecule has 0 aromatic carbocycles. The van der Waals surface area contributed by atoms with Gasteiger partial charge in [0.25, 0.3) is 0 Å². The molecule has 8 nitrogen and oxygen atoms in total. The molecule has 0 aromatic rings. The van der Waals surface area contributed by atoms with Crippen molar-refractivity contribution in [3.8, 4) is 0 Å². The largest absolute Gasteiger partial charge is 0.472 e. The Kier molecular flexibility index (Phi) is 47.9. The average molecular weight is 962 g/mol. The Morgan fingerprint density at radius 2 is 0.896 bits per heavy atom. The van der Waals surface area contributed by atoms with Crippen LogP contribution in [-0.4, -0.2) is 73.4 Å². The molecular weight excluding hydrogens is 852 g/mol. The minimum atomic E-state index is -4.32. The van der Waals surface area contributed by atoms with Crippen LogP contribution < -0.4 is 5.32 Å². The van der Waals surface area contributed by atoms with Crippen LogP contribution >= 0.6 is 7.82 Å². The van der Waals surface area contributed by atoms with Gasteiger partial charge < -0.3 is 19.8 Å². The van der Waals surface area contributed by atoms with E-state index in [4.69, 9.17) is 9.05 Å². The fourth-order valence-electron chi connectivity index (χ4n) is 8.08. The van der Waals surface area contributed by atoms with E-state index in [0.717, 1.165) is 64.2 Å². The molecule has 0 aliphatic heterocycles. The van der Waals surface area contributed by atoms with Crippen molar-refractivity contribution in [3.05, 3.63) is 60.8 Å². The molecule has 0 bridgehead atoms. The summed E-state index contributed by atoms with van der Waals surface area (Å²) in [6.07, 6.45) is 67.2. The lowest BCUT2D eigenvalue weighted by atomic mass is 10.0. The van der Waals surface area contributed by atoms with Gasteiger partial charge in [-0.2, -0.15) is 0 Å². The number of aliphatic hydroxyl groups is 1. The Bertz CT molecular complexity index is 1270. The number of unbranched alkanes of at least 4 members (excludes halogenated alkanes) is 30. The van der Waals surface area contributed by atoms with Gasteiger partial charge in [0.1, 0.15) is 13.2 Å². The van der Waals surface area contributed by atoms with Gasteiger partial charge in [-0.25, -0.2) is 4.57 Å². The average Bonchev–Trinajstić information content (AvgIpc) is 3.29. The Hall–Kier alpha value is -1.80. The standard InChI is InChI=1S/C58H109N2O6P/c1-6-8-10-12-13-14-15-16-17-18-19-20-21-22-23-24-25-26-27-28-29-30-31-32-33-34-35-36-37-38-39-40-41-42-43-44-45-46-47-48-50-52-58(62)59-56(57(61)51-49-11-9-7-2)55-66-67(63,64)65-54-53-60(3,4)5/h8,10,13-14,16-17,19-20,49,51,56-57,61H,6-7,9,11-12,15,18,21-48,50,52-55H2,1-5H3,(H-,59,62,63,64)/p+1/b10-8-,14-13-,17-16-,20-19-,51-49+. The highest BCUT2D eigenvalue weighted by atomic mass is 31.2. The smallest absolute Gasteiger partial charge is 0.387 e. The number of nitrogens with one attached hydrogen (secondary N) is 1. The van der Waals surface area contributed by atoms with Gasteiger partial charge in [-0.05, 0) is 51.4 Å². The summed E-state index contributed by atoms with van der Waals surface area (Å²) in [5.41, 5.74) is 0. The van der Waals surface area contributed by atoms with Crippen molar-refractivity contribution < 1.29 is 32.9 Å². The molecule has 67 heavy (non-hydrogen) atoms. The highest BCUT2D eigenvalue weighted by molar-refractivity contribution is 7.47. The first kappa shape index (κ1) is 65.2. The topological polar surface area (TPSA) is 105 Å². The second-order valence-corrected chi connectivity index (χ2v) is 21.7. The lowest BCUT2D eigenvalue weighted by molar-refractivity contribution is -0.870. The molecule has 0 fully saturated rings. The number of aliphatic hydroxyl groups excluding tert-OH is 1. The molecule has 3 atom stereocenters. The van der Waals surface area contributed by atoms with E-state index < -0.39 is 20.0 Å². The summed E-state index contributed by atoms with van der Waals surface area (Å²) < 4.78 is 23.3. The normalized spacial score (nSPS) is 14.4. The Morgan fingerprint density at radius 3 is 1.30 bits per heavy atom. The number of rotatable bonds is 51. The number of phosphoric ester groups is 1. The first-order chi connectivity index (χ1) is 32.5. The second kappa shape index (κ2) is 49.2.